The first-order valence-corrected chi connectivity index (χ1v) is 7.71. The molecule has 0 saturated heterocycles. The molecular formula is C15H24IN5O3. The van der Waals surface area contributed by atoms with E-state index in [1.54, 1.807) is 6.26 Å². The zero-order chi connectivity index (χ0) is 16.5. The summed E-state index contributed by atoms with van der Waals surface area (Å²) in [6, 6.07) is 3.72. The highest BCUT2D eigenvalue weighted by atomic mass is 127. The molecule has 0 amide bonds. The van der Waals surface area contributed by atoms with Crippen LogP contribution in [0, 0.1) is 0 Å². The van der Waals surface area contributed by atoms with Crippen molar-refractivity contribution >= 4 is 29.9 Å². The third-order valence-corrected chi connectivity index (χ3v) is 2.99. The smallest absolute Gasteiger partial charge is 0.246 e. The Bertz CT molecular complexity index is 600. The average Bonchev–Trinajstić information content (AvgIpc) is 3.21. The Morgan fingerprint density at radius 1 is 1.38 bits per heavy atom. The molecule has 0 aliphatic rings. The number of halogens is 1. The van der Waals surface area contributed by atoms with Crippen LogP contribution in [0.15, 0.2) is 32.3 Å². The summed E-state index contributed by atoms with van der Waals surface area (Å²) >= 11 is 0. The molecule has 9 heteroatoms. The number of aromatic nitrogens is 2. The summed E-state index contributed by atoms with van der Waals surface area (Å²) in [5.74, 6) is 2.48. The van der Waals surface area contributed by atoms with Gasteiger partial charge in [-0.25, -0.2) is 4.99 Å². The molecule has 24 heavy (non-hydrogen) atoms. The van der Waals surface area contributed by atoms with E-state index in [4.69, 9.17) is 13.7 Å². The van der Waals surface area contributed by atoms with Crippen LogP contribution in [0.3, 0.4) is 0 Å². The quantitative estimate of drug-likeness (QED) is 0.363. The van der Waals surface area contributed by atoms with Gasteiger partial charge in [0.15, 0.2) is 11.8 Å². The maximum atomic E-state index is 5.43. The zero-order valence-corrected chi connectivity index (χ0v) is 16.4. The molecule has 0 aromatic carbocycles. The minimum atomic E-state index is -0.182. The first-order valence-electron chi connectivity index (χ1n) is 7.71. The average molecular weight is 449 g/mol. The lowest BCUT2D eigenvalue weighted by Crippen LogP contribution is -2.36. The molecule has 1 unspecified atom stereocenters. The van der Waals surface area contributed by atoms with E-state index in [2.05, 4.69) is 25.8 Å². The van der Waals surface area contributed by atoms with E-state index in [1.165, 1.54) is 0 Å². The molecule has 0 saturated carbocycles. The molecule has 1 atom stereocenters. The number of rotatable bonds is 8. The van der Waals surface area contributed by atoms with Crippen LogP contribution in [-0.4, -0.2) is 29.3 Å². The number of nitrogens with one attached hydrogen (secondary N) is 2. The lowest BCUT2D eigenvalue weighted by atomic mass is 10.4. The van der Waals surface area contributed by atoms with Crippen molar-refractivity contribution < 1.29 is 13.7 Å². The van der Waals surface area contributed by atoms with E-state index < -0.39 is 0 Å². The normalized spacial score (nSPS) is 12.5. The van der Waals surface area contributed by atoms with Crippen molar-refractivity contribution in [2.24, 2.45) is 4.99 Å². The highest BCUT2D eigenvalue weighted by Gasteiger charge is 2.13. The molecule has 0 aliphatic heterocycles. The van der Waals surface area contributed by atoms with E-state index in [1.807, 2.05) is 32.9 Å². The number of guanidine groups is 1. The van der Waals surface area contributed by atoms with Crippen LogP contribution in [-0.2, 0) is 17.8 Å². The van der Waals surface area contributed by atoms with Gasteiger partial charge in [-0.3, -0.25) is 0 Å². The molecule has 2 rings (SSSR count). The van der Waals surface area contributed by atoms with Gasteiger partial charge in [0, 0.05) is 13.2 Å². The van der Waals surface area contributed by atoms with Crippen LogP contribution in [0.25, 0.3) is 0 Å². The first-order chi connectivity index (χ1) is 11.2. The van der Waals surface area contributed by atoms with E-state index in [0.29, 0.717) is 37.4 Å². The van der Waals surface area contributed by atoms with Gasteiger partial charge in [-0.1, -0.05) is 5.16 Å². The Labute approximate surface area is 158 Å². The second-order valence-electron chi connectivity index (χ2n) is 4.77. The van der Waals surface area contributed by atoms with Gasteiger partial charge in [0.25, 0.3) is 0 Å². The summed E-state index contributed by atoms with van der Waals surface area (Å²) in [5.41, 5.74) is 0. The Kier molecular flexibility index (Phi) is 9.38. The molecule has 0 aliphatic carbocycles. The Balaban J connectivity index is 0.00000288. The summed E-state index contributed by atoms with van der Waals surface area (Å²) in [6.07, 6.45) is 1.45. The van der Waals surface area contributed by atoms with Crippen molar-refractivity contribution in [3.63, 3.8) is 0 Å². The van der Waals surface area contributed by atoms with Gasteiger partial charge in [-0.15, -0.1) is 24.0 Å². The number of nitrogens with zero attached hydrogens (tertiary/aromatic N) is 3. The maximum absolute atomic E-state index is 5.43. The van der Waals surface area contributed by atoms with Gasteiger partial charge < -0.3 is 24.3 Å². The number of hydrogen-bond donors (Lipinski definition) is 2. The van der Waals surface area contributed by atoms with Crippen LogP contribution in [0.4, 0.5) is 0 Å². The summed E-state index contributed by atoms with van der Waals surface area (Å²) < 4.78 is 15.9. The van der Waals surface area contributed by atoms with Crippen LogP contribution >= 0.6 is 24.0 Å². The molecular weight excluding hydrogens is 425 g/mol. The molecule has 2 aromatic rings. The molecule has 2 N–H and O–H groups in total. The molecule has 134 valence electrons. The van der Waals surface area contributed by atoms with E-state index in [0.717, 1.165) is 12.3 Å². The van der Waals surface area contributed by atoms with Gasteiger partial charge in [-0.2, -0.15) is 4.98 Å². The number of hydrogen-bond acceptors (Lipinski definition) is 6. The van der Waals surface area contributed by atoms with Crippen LogP contribution < -0.4 is 10.6 Å². The van der Waals surface area contributed by atoms with E-state index >= 15 is 0 Å². The monoisotopic (exact) mass is 449 g/mol. The van der Waals surface area contributed by atoms with Crippen LogP contribution in [0.2, 0.25) is 0 Å². The van der Waals surface area contributed by atoms with Crippen molar-refractivity contribution in [2.75, 3.05) is 13.2 Å². The second-order valence-corrected chi connectivity index (χ2v) is 4.77. The van der Waals surface area contributed by atoms with Gasteiger partial charge in [0.05, 0.1) is 12.8 Å². The summed E-state index contributed by atoms with van der Waals surface area (Å²) in [6.45, 7) is 8.01. The minimum Gasteiger partial charge on any atom is -0.467 e. The number of aliphatic imine (C=N–C) groups is 1. The fourth-order valence-corrected chi connectivity index (χ4v) is 1.89. The minimum absolute atomic E-state index is 0. The Hall–Kier alpha value is -1.62. The van der Waals surface area contributed by atoms with Crippen molar-refractivity contribution in [3.05, 3.63) is 35.9 Å². The van der Waals surface area contributed by atoms with Crippen molar-refractivity contribution in [3.8, 4) is 0 Å². The lowest BCUT2D eigenvalue weighted by molar-refractivity contribution is 0.0683. The predicted octanol–water partition coefficient (Wildman–Crippen LogP) is 2.63. The molecule has 0 bridgehead atoms. The topological polar surface area (TPSA) is 97.7 Å². The maximum Gasteiger partial charge on any atom is 0.246 e. The Morgan fingerprint density at radius 3 is 2.88 bits per heavy atom. The largest absolute Gasteiger partial charge is 0.467 e. The van der Waals surface area contributed by atoms with Gasteiger partial charge in [0.2, 0.25) is 5.89 Å². The second kappa shape index (κ2) is 11.0. The standard InChI is InChI=1S/C15H23N5O3.HI/c1-4-16-15(17-9-12-7-6-8-22-12)18-10-13-19-14(20-23-13)11(3)21-5-2;/h6-8,11H,4-5,9-10H2,1-3H3,(H2,16,17,18);1H. The van der Waals surface area contributed by atoms with E-state index in [9.17, 15) is 0 Å². The van der Waals surface area contributed by atoms with Crippen molar-refractivity contribution in [2.45, 2.75) is 40.0 Å². The zero-order valence-electron chi connectivity index (χ0n) is 14.1. The fourth-order valence-electron chi connectivity index (χ4n) is 1.89. The number of furan rings is 1. The third-order valence-electron chi connectivity index (χ3n) is 2.99. The lowest BCUT2D eigenvalue weighted by Gasteiger charge is -2.08. The molecule has 2 aromatic heterocycles. The molecule has 0 fully saturated rings. The molecule has 0 spiro atoms. The molecule has 0 radical (unpaired) electrons. The SMILES string of the molecule is CCNC(=NCc1ccco1)NCc1nc(C(C)OCC)no1.I. The number of ether oxygens (including phenoxy) is 1. The molecule has 8 nitrogen and oxygen atoms in total. The van der Waals surface area contributed by atoms with Gasteiger partial charge in [0.1, 0.15) is 18.4 Å². The van der Waals surface area contributed by atoms with Crippen molar-refractivity contribution in [1.82, 2.24) is 20.8 Å². The van der Waals surface area contributed by atoms with Crippen LogP contribution in [0.1, 0.15) is 44.4 Å². The Morgan fingerprint density at radius 2 is 2.21 bits per heavy atom. The van der Waals surface area contributed by atoms with E-state index in [-0.39, 0.29) is 30.1 Å². The third kappa shape index (κ3) is 6.48. The summed E-state index contributed by atoms with van der Waals surface area (Å²) in [5, 5.41) is 10.2. The highest BCUT2D eigenvalue weighted by Crippen LogP contribution is 2.12. The van der Waals surface area contributed by atoms with Crippen molar-refractivity contribution in [1.29, 1.82) is 0 Å². The van der Waals surface area contributed by atoms with Gasteiger partial charge >= 0.3 is 0 Å². The highest BCUT2D eigenvalue weighted by molar-refractivity contribution is 14.0. The summed E-state index contributed by atoms with van der Waals surface area (Å²) in [7, 11) is 0. The van der Waals surface area contributed by atoms with Crippen LogP contribution in [0.5, 0.6) is 0 Å². The van der Waals surface area contributed by atoms with Gasteiger partial charge in [-0.05, 0) is 32.9 Å². The summed E-state index contributed by atoms with van der Waals surface area (Å²) in [4.78, 5) is 8.73. The first kappa shape index (κ1) is 20.4. The fraction of sp³-hybridized carbons (Fsp3) is 0.533. The predicted molar refractivity (Wildman–Crippen MR) is 100 cm³/mol. The molecule has 2 heterocycles.